The lowest BCUT2D eigenvalue weighted by molar-refractivity contribution is -0.173. The third kappa shape index (κ3) is 3.29. The molecule has 0 heterocycles. The number of aliphatic hydroxyl groups excluding tert-OH is 3. The molecule has 0 aromatic heterocycles. The molecule has 1 rings (SSSR count). The van der Waals surface area contributed by atoms with Crippen LogP contribution in [0.25, 0.3) is 0 Å². The Kier molecular flexibility index (Phi) is 4.97. The van der Waals surface area contributed by atoms with Gasteiger partial charge in [0, 0.05) is 7.77 Å². The van der Waals surface area contributed by atoms with Crippen molar-refractivity contribution in [2.75, 3.05) is 6.61 Å². The van der Waals surface area contributed by atoms with Crippen LogP contribution in [0.15, 0.2) is 30.3 Å². The molecule has 0 aliphatic carbocycles. The Morgan fingerprint density at radius 2 is 1.85 bits per heavy atom. The van der Waals surface area contributed by atoms with Crippen molar-refractivity contribution in [3.8, 4) is 0 Å². The van der Waals surface area contributed by atoms with E-state index in [2.05, 4.69) is 0 Å². The highest BCUT2D eigenvalue weighted by molar-refractivity contribution is 6.10. The van der Waals surface area contributed by atoms with Crippen LogP contribution in [0, 0.1) is 0 Å². The van der Waals surface area contributed by atoms with Gasteiger partial charge in [-0.15, -0.1) is 0 Å². The molecule has 20 heavy (non-hydrogen) atoms. The van der Waals surface area contributed by atoms with E-state index in [1.54, 1.807) is 18.2 Å². The Labute approximate surface area is 117 Å². The van der Waals surface area contributed by atoms with Crippen LogP contribution in [0.4, 0.5) is 0 Å². The van der Waals surface area contributed by atoms with Gasteiger partial charge >= 0.3 is 0 Å². The lowest BCUT2D eigenvalue weighted by Crippen LogP contribution is -2.60. The summed E-state index contributed by atoms with van der Waals surface area (Å²) in [4.78, 5) is 23.9. The molecule has 0 aliphatic rings. The fourth-order valence-electron chi connectivity index (χ4n) is 1.72. The number of carbonyl (C=O) groups excluding carboxylic acids is 2. The molecule has 6 heteroatoms. The van der Waals surface area contributed by atoms with E-state index in [0.717, 1.165) is 6.92 Å². The summed E-state index contributed by atoms with van der Waals surface area (Å²) in [7, 11) is 0. The van der Waals surface area contributed by atoms with Crippen LogP contribution in [0.3, 0.4) is 0 Å². The maximum atomic E-state index is 12.3. The summed E-state index contributed by atoms with van der Waals surface area (Å²) in [6, 6.07) is 7.75. The van der Waals surface area contributed by atoms with Crippen molar-refractivity contribution >= 4 is 11.6 Å². The van der Waals surface area contributed by atoms with Gasteiger partial charge in [-0.3, -0.25) is 9.59 Å². The summed E-state index contributed by atoms with van der Waals surface area (Å²) in [6.07, 6.45) is -5.71. The molecule has 1 aromatic rings. The molecule has 4 atom stereocenters. The fourth-order valence-corrected chi connectivity index (χ4v) is 1.72. The first-order valence-corrected chi connectivity index (χ1v) is 5.98. The molecule has 0 amide bonds. The summed E-state index contributed by atoms with van der Waals surface area (Å²) < 4.78 is 7.84. The van der Waals surface area contributed by atoms with Crippen LogP contribution < -0.4 is 0 Å². The van der Waals surface area contributed by atoms with Crippen molar-refractivity contribution in [3.05, 3.63) is 35.9 Å². The van der Waals surface area contributed by atoms with Crippen molar-refractivity contribution in [3.63, 3.8) is 0 Å². The number of hydrogen-bond acceptors (Lipinski definition) is 6. The number of carbonyl (C=O) groups is 2. The van der Waals surface area contributed by atoms with E-state index in [4.69, 9.17) is 6.48 Å². The van der Waals surface area contributed by atoms with Gasteiger partial charge in [-0.25, -0.2) is 0 Å². The van der Waals surface area contributed by atoms with Crippen molar-refractivity contribution in [2.45, 2.75) is 31.1 Å². The van der Waals surface area contributed by atoms with Gasteiger partial charge in [-0.2, -0.15) is 0 Å². The molecule has 0 aliphatic heterocycles. The predicted octanol–water partition coefficient (Wildman–Crippen LogP) is -1.17. The molecular formula is C14H18O6. The topological polar surface area (TPSA) is 115 Å². The smallest absolute Gasteiger partial charge is 0.209 e. The molecule has 1 unspecified atom stereocenters. The Bertz CT molecular complexity index is 505. The van der Waals surface area contributed by atoms with E-state index >= 15 is 0 Å². The maximum absolute atomic E-state index is 12.3. The monoisotopic (exact) mass is 283 g/mol. The minimum Gasteiger partial charge on any atom is -0.394 e. The van der Waals surface area contributed by atoms with Crippen LogP contribution in [0.1, 0.15) is 13.9 Å². The number of Topliss-reactive ketones (excluding diaryl/α,β-unsaturated/α-hetero) is 2. The quantitative estimate of drug-likeness (QED) is 0.469. The molecule has 0 fully saturated rings. The average molecular weight is 283 g/mol. The van der Waals surface area contributed by atoms with Crippen LogP contribution in [0.5, 0.6) is 0 Å². The molecule has 0 spiro atoms. The highest BCUT2D eigenvalue weighted by Crippen LogP contribution is 2.20. The first-order chi connectivity index (χ1) is 9.76. The van der Waals surface area contributed by atoms with Crippen LogP contribution >= 0.6 is 0 Å². The summed E-state index contributed by atoms with van der Waals surface area (Å²) in [5.41, 5.74) is -2.72. The van der Waals surface area contributed by atoms with Gasteiger partial charge < -0.3 is 20.4 Å². The van der Waals surface area contributed by atoms with Gasteiger partial charge in [-0.1, -0.05) is 30.3 Å². The number of ketones is 2. The Balaban J connectivity index is 3.16. The van der Waals surface area contributed by atoms with Gasteiger partial charge in [0.15, 0.2) is 11.6 Å². The van der Waals surface area contributed by atoms with Crippen LogP contribution in [-0.2, 0) is 16.0 Å². The van der Waals surface area contributed by atoms with E-state index in [9.17, 15) is 24.9 Å². The Morgan fingerprint density at radius 3 is 2.30 bits per heavy atom. The zero-order valence-electron chi connectivity index (χ0n) is 11.9. The number of benzene rings is 1. The second-order valence-electron chi connectivity index (χ2n) is 4.44. The molecule has 0 saturated heterocycles. The van der Waals surface area contributed by atoms with Gasteiger partial charge in [0.25, 0.3) is 0 Å². The predicted molar refractivity (Wildman–Crippen MR) is 69.9 cm³/mol. The molecule has 110 valence electrons. The van der Waals surface area contributed by atoms with Crippen molar-refractivity contribution < 1.29 is 31.4 Å². The fraction of sp³-hybridized carbons (Fsp3) is 0.429. The molecule has 4 N–H and O–H groups in total. The number of aliphatic hydroxyl groups is 4. The lowest BCUT2D eigenvalue weighted by atomic mass is 9.82. The lowest BCUT2D eigenvalue weighted by Gasteiger charge is -2.31. The van der Waals surface area contributed by atoms with Crippen molar-refractivity contribution in [1.29, 1.82) is 0 Å². The van der Waals surface area contributed by atoms with E-state index in [1.165, 1.54) is 12.1 Å². The highest BCUT2D eigenvalue weighted by atomic mass is 16.4. The summed E-state index contributed by atoms with van der Waals surface area (Å²) in [5, 5.41) is 38.2. The zero-order valence-corrected chi connectivity index (χ0v) is 10.9. The third-order valence-electron chi connectivity index (χ3n) is 2.99. The molecular weight excluding hydrogens is 264 g/mol. The number of hydrogen-bond donors (Lipinski definition) is 4. The SMILES string of the molecule is [2H]C(C(=O)[C@@](O)(C(C)=O)[C@@H](O)[C@H](O)CO)c1ccccc1. The molecule has 6 nitrogen and oxygen atoms in total. The number of rotatable bonds is 7. The molecule has 0 bridgehead atoms. The summed E-state index contributed by atoms with van der Waals surface area (Å²) in [6.45, 7) is -0.0824. The Morgan fingerprint density at radius 1 is 1.30 bits per heavy atom. The van der Waals surface area contributed by atoms with Crippen LogP contribution in [-0.4, -0.2) is 56.4 Å². The van der Waals surface area contributed by atoms with E-state index in [-0.39, 0.29) is 5.56 Å². The maximum Gasteiger partial charge on any atom is 0.209 e. The zero-order chi connectivity index (χ0) is 16.2. The Hall–Kier alpha value is -1.60. The minimum absolute atomic E-state index is 0.230. The third-order valence-corrected chi connectivity index (χ3v) is 2.99. The van der Waals surface area contributed by atoms with E-state index in [0.29, 0.717) is 0 Å². The first-order valence-electron chi connectivity index (χ1n) is 6.56. The van der Waals surface area contributed by atoms with Crippen molar-refractivity contribution in [2.24, 2.45) is 0 Å². The van der Waals surface area contributed by atoms with E-state index in [1.807, 2.05) is 0 Å². The van der Waals surface area contributed by atoms with Gasteiger partial charge in [0.05, 0.1) is 6.61 Å². The van der Waals surface area contributed by atoms with Gasteiger partial charge in [0.1, 0.15) is 12.2 Å². The van der Waals surface area contributed by atoms with Crippen molar-refractivity contribution in [1.82, 2.24) is 0 Å². The van der Waals surface area contributed by atoms with Gasteiger partial charge in [-0.05, 0) is 12.5 Å². The molecule has 0 radical (unpaired) electrons. The summed E-state index contributed by atoms with van der Waals surface area (Å²) in [5.74, 6) is -2.37. The van der Waals surface area contributed by atoms with E-state index < -0.39 is 42.4 Å². The first kappa shape index (κ1) is 14.8. The molecule has 1 aromatic carbocycles. The second kappa shape index (κ2) is 6.71. The second-order valence-corrected chi connectivity index (χ2v) is 4.44. The van der Waals surface area contributed by atoms with Gasteiger partial charge in [0.2, 0.25) is 5.60 Å². The molecule has 0 saturated carbocycles. The normalized spacial score (nSPS) is 19.4. The standard InChI is InChI=1S/C14H18O6/c1-9(16)14(20,13(19)11(17)8-15)12(18)7-10-5-3-2-4-6-10/h2-6,11,13,15,17,19-20H,7-8H2,1H3/t11-,13+,14+/m1/s1/i7D/t7?,11-,13+,14+. The highest BCUT2D eigenvalue weighted by Gasteiger charge is 2.49. The minimum atomic E-state index is -2.95. The largest absolute Gasteiger partial charge is 0.394 e. The summed E-state index contributed by atoms with van der Waals surface area (Å²) >= 11 is 0. The van der Waals surface area contributed by atoms with Crippen LogP contribution in [0.2, 0.25) is 0 Å². The average Bonchev–Trinajstić information content (AvgIpc) is 2.51.